The highest BCUT2D eigenvalue weighted by Crippen LogP contribution is 2.18. The molecule has 2 rings (SSSR count). The average Bonchev–Trinajstić information content (AvgIpc) is 2.56. The fourth-order valence-electron chi connectivity index (χ4n) is 2.82. The largest absolute Gasteiger partial charge is 0.383 e. The lowest BCUT2D eigenvalue weighted by Crippen LogP contribution is -2.43. The summed E-state index contributed by atoms with van der Waals surface area (Å²) < 4.78 is 4.88. The zero-order chi connectivity index (χ0) is 16.7. The smallest absolute Gasteiger partial charge is 0.239 e. The third kappa shape index (κ3) is 8.38. The number of nitrogens with zero attached hydrogens (tertiary/aromatic N) is 1. The second-order valence-electron chi connectivity index (χ2n) is 6.55. The number of methoxy groups -OCH3 is 1. The molecular formula is C18H31Cl2N3O2. The van der Waals surface area contributed by atoms with Crippen molar-refractivity contribution in [2.45, 2.75) is 38.9 Å². The molecule has 1 heterocycles. The van der Waals surface area contributed by atoms with Crippen LogP contribution in [0.15, 0.2) is 24.3 Å². The Morgan fingerprint density at radius 1 is 1.24 bits per heavy atom. The Hall–Kier alpha value is -0.850. The molecule has 1 atom stereocenters. The molecule has 0 bridgehead atoms. The maximum atomic E-state index is 11.7. The number of nitrogens with one attached hydrogen (secondary N) is 1. The monoisotopic (exact) mass is 391 g/mol. The number of carbonyl (C=O) groups excluding carboxylic acids is 1. The number of hydrogen-bond donors (Lipinski definition) is 2. The van der Waals surface area contributed by atoms with Crippen molar-refractivity contribution in [1.82, 2.24) is 10.2 Å². The molecule has 1 aliphatic heterocycles. The number of rotatable bonds is 7. The standard InChI is InChI=1S/C18H29N3O2.2ClH/c1-14-7-9-21(10-8-14)12-16-5-3-15(4-6-16)11-20-18(22)17(19)13-23-2;;/h3-6,14,17H,7-13,19H2,1-2H3,(H,20,22);2*1H. The van der Waals surface area contributed by atoms with Crippen molar-refractivity contribution in [3.05, 3.63) is 35.4 Å². The predicted octanol–water partition coefficient (Wildman–Crippen LogP) is 2.35. The molecule has 1 saturated heterocycles. The van der Waals surface area contributed by atoms with Crippen LogP contribution in [0.25, 0.3) is 0 Å². The summed E-state index contributed by atoms with van der Waals surface area (Å²) in [6.07, 6.45) is 2.59. The minimum Gasteiger partial charge on any atom is -0.383 e. The second kappa shape index (κ2) is 12.5. The van der Waals surface area contributed by atoms with E-state index in [4.69, 9.17) is 10.5 Å². The Morgan fingerprint density at radius 3 is 2.36 bits per heavy atom. The quantitative estimate of drug-likeness (QED) is 0.748. The Morgan fingerprint density at radius 2 is 1.80 bits per heavy atom. The van der Waals surface area contributed by atoms with E-state index >= 15 is 0 Å². The van der Waals surface area contributed by atoms with Crippen molar-refractivity contribution in [1.29, 1.82) is 0 Å². The van der Waals surface area contributed by atoms with Crippen molar-refractivity contribution >= 4 is 30.7 Å². The fraction of sp³-hybridized carbons (Fsp3) is 0.611. The number of amides is 1. The SMILES string of the molecule is COCC(N)C(=O)NCc1ccc(CN2CCC(C)CC2)cc1.Cl.Cl. The van der Waals surface area contributed by atoms with Crippen LogP contribution in [-0.4, -0.2) is 43.7 Å². The summed E-state index contributed by atoms with van der Waals surface area (Å²) in [5.74, 6) is 0.681. The molecule has 0 radical (unpaired) electrons. The van der Waals surface area contributed by atoms with Gasteiger partial charge in [0.2, 0.25) is 5.91 Å². The van der Waals surface area contributed by atoms with Gasteiger partial charge < -0.3 is 15.8 Å². The normalized spacial score (nSPS) is 16.4. The number of piperidine rings is 1. The maximum Gasteiger partial charge on any atom is 0.239 e. The Bertz CT molecular complexity index is 492. The van der Waals surface area contributed by atoms with Gasteiger partial charge in [-0.2, -0.15) is 0 Å². The molecule has 0 spiro atoms. The van der Waals surface area contributed by atoms with E-state index < -0.39 is 6.04 Å². The molecular weight excluding hydrogens is 361 g/mol. The Balaban J connectivity index is 0.00000288. The van der Waals surface area contributed by atoms with Gasteiger partial charge in [0, 0.05) is 20.2 Å². The van der Waals surface area contributed by atoms with Crippen LogP contribution in [-0.2, 0) is 22.6 Å². The Labute approximate surface area is 163 Å². The third-order valence-electron chi connectivity index (χ3n) is 4.46. The van der Waals surface area contributed by atoms with Crippen molar-refractivity contribution in [2.75, 3.05) is 26.8 Å². The van der Waals surface area contributed by atoms with Crippen LogP contribution in [0.3, 0.4) is 0 Å². The molecule has 7 heteroatoms. The fourth-order valence-corrected chi connectivity index (χ4v) is 2.82. The lowest BCUT2D eigenvalue weighted by Gasteiger charge is -2.30. The summed E-state index contributed by atoms with van der Waals surface area (Å²) in [5.41, 5.74) is 8.09. The van der Waals surface area contributed by atoms with Gasteiger partial charge in [0.15, 0.2) is 0 Å². The molecule has 3 N–H and O–H groups in total. The number of hydrogen-bond acceptors (Lipinski definition) is 4. The van der Waals surface area contributed by atoms with E-state index in [-0.39, 0.29) is 37.3 Å². The van der Waals surface area contributed by atoms with Crippen LogP contribution in [0, 0.1) is 5.92 Å². The molecule has 0 aliphatic carbocycles. The minimum absolute atomic E-state index is 0. The molecule has 1 unspecified atom stereocenters. The van der Waals surface area contributed by atoms with Gasteiger partial charge in [0.25, 0.3) is 0 Å². The van der Waals surface area contributed by atoms with E-state index in [9.17, 15) is 4.79 Å². The van der Waals surface area contributed by atoms with E-state index in [1.54, 1.807) is 0 Å². The van der Waals surface area contributed by atoms with Gasteiger partial charge in [-0.05, 0) is 43.0 Å². The van der Waals surface area contributed by atoms with Crippen LogP contribution in [0.1, 0.15) is 30.9 Å². The zero-order valence-electron chi connectivity index (χ0n) is 15.1. The molecule has 1 aromatic rings. The number of carbonyl (C=O) groups is 1. The zero-order valence-corrected chi connectivity index (χ0v) is 16.7. The minimum atomic E-state index is -0.610. The first-order chi connectivity index (χ1) is 11.1. The summed E-state index contributed by atoms with van der Waals surface area (Å²) in [5, 5.41) is 2.83. The van der Waals surface area contributed by atoms with Crippen molar-refractivity contribution in [3.8, 4) is 0 Å². The summed E-state index contributed by atoms with van der Waals surface area (Å²) in [4.78, 5) is 14.3. The first kappa shape index (κ1) is 24.1. The molecule has 1 aliphatic rings. The molecule has 0 saturated carbocycles. The average molecular weight is 392 g/mol. The maximum absolute atomic E-state index is 11.7. The second-order valence-corrected chi connectivity index (χ2v) is 6.55. The van der Waals surface area contributed by atoms with E-state index in [0.717, 1.165) is 18.0 Å². The summed E-state index contributed by atoms with van der Waals surface area (Å²) >= 11 is 0. The topological polar surface area (TPSA) is 67.6 Å². The van der Waals surface area contributed by atoms with E-state index in [0.29, 0.717) is 6.54 Å². The summed E-state index contributed by atoms with van der Waals surface area (Å²) in [7, 11) is 1.54. The van der Waals surface area contributed by atoms with Gasteiger partial charge in [-0.3, -0.25) is 9.69 Å². The molecule has 1 amide bonds. The number of nitrogens with two attached hydrogens (primary N) is 1. The van der Waals surface area contributed by atoms with Crippen LogP contribution in [0.4, 0.5) is 0 Å². The highest BCUT2D eigenvalue weighted by molar-refractivity contribution is 5.85. The predicted molar refractivity (Wildman–Crippen MR) is 106 cm³/mol. The number of ether oxygens (including phenoxy) is 1. The van der Waals surface area contributed by atoms with Crippen LogP contribution < -0.4 is 11.1 Å². The molecule has 0 aromatic heterocycles. The number of likely N-dealkylation sites (tertiary alicyclic amines) is 1. The first-order valence-electron chi connectivity index (χ1n) is 8.41. The van der Waals surface area contributed by atoms with E-state index in [1.165, 1.54) is 38.6 Å². The van der Waals surface area contributed by atoms with E-state index in [1.807, 2.05) is 0 Å². The number of halogens is 2. The van der Waals surface area contributed by atoms with Crippen molar-refractivity contribution in [3.63, 3.8) is 0 Å². The molecule has 25 heavy (non-hydrogen) atoms. The summed E-state index contributed by atoms with van der Waals surface area (Å²) in [6, 6.07) is 7.83. The van der Waals surface area contributed by atoms with Gasteiger partial charge in [-0.15, -0.1) is 24.8 Å². The van der Waals surface area contributed by atoms with Crippen LogP contribution in [0.2, 0.25) is 0 Å². The van der Waals surface area contributed by atoms with Gasteiger partial charge in [-0.25, -0.2) is 0 Å². The lowest BCUT2D eigenvalue weighted by molar-refractivity contribution is -0.123. The lowest BCUT2D eigenvalue weighted by atomic mass is 9.99. The van der Waals surface area contributed by atoms with Gasteiger partial charge in [0.05, 0.1) is 6.61 Å². The Kier molecular flexibility index (Phi) is 12.1. The number of benzene rings is 1. The van der Waals surface area contributed by atoms with Gasteiger partial charge >= 0.3 is 0 Å². The first-order valence-corrected chi connectivity index (χ1v) is 8.41. The van der Waals surface area contributed by atoms with Crippen molar-refractivity contribution < 1.29 is 9.53 Å². The van der Waals surface area contributed by atoms with Crippen LogP contribution in [0.5, 0.6) is 0 Å². The van der Waals surface area contributed by atoms with E-state index in [2.05, 4.69) is 41.4 Å². The van der Waals surface area contributed by atoms with Gasteiger partial charge in [0.1, 0.15) is 6.04 Å². The van der Waals surface area contributed by atoms with Gasteiger partial charge in [-0.1, -0.05) is 31.2 Å². The molecule has 1 aromatic carbocycles. The summed E-state index contributed by atoms with van der Waals surface area (Å²) in [6.45, 7) is 6.46. The molecule has 144 valence electrons. The van der Waals surface area contributed by atoms with Crippen LogP contribution >= 0.6 is 24.8 Å². The highest BCUT2D eigenvalue weighted by atomic mass is 35.5. The van der Waals surface area contributed by atoms with Crippen molar-refractivity contribution in [2.24, 2.45) is 11.7 Å². The molecule has 1 fully saturated rings. The highest BCUT2D eigenvalue weighted by Gasteiger charge is 2.15. The molecule has 5 nitrogen and oxygen atoms in total. The third-order valence-corrected chi connectivity index (χ3v) is 4.46.